The zero-order valence-electron chi connectivity index (χ0n) is 27.8. The fourth-order valence-electron chi connectivity index (χ4n) is 7.08. The number of hydrogen-bond acceptors (Lipinski definition) is 9. The lowest BCUT2D eigenvalue weighted by Crippen LogP contribution is -2.38. The van der Waals surface area contributed by atoms with Crippen molar-refractivity contribution in [3.63, 3.8) is 0 Å². The van der Waals surface area contributed by atoms with Crippen LogP contribution in [0.25, 0.3) is 5.65 Å². The monoisotopic (exact) mass is 673 g/mol. The number of aliphatic carboxylic acids is 1. The summed E-state index contributed by atoms with van der Waals surface area (Å²) in [6.07, 6.45) is 6.99. The third kappa shape index (κ3) is 6.38. The van der Waals surface area contributed by atoms with Crippen molar-refractivity contribution < 1.29 is 23.1 Å². The fraction of sp³-hybridized carbons (Fsp3) is 0.486. The van der Waals surface area contributed by atoms with Crippen LogP contribution >= 0.6 is 0 Å². The van der Waals surface area contributed by atoms with Gasteiger partial charge in [-0.1, -0.05) is 24.6 Å². The molecule has 1 aromatic carbocycles. The van der Waals surface area contributed by atoms with E-state index in [1.165, 1.54) is 23.6 Å². The number of hydrogen-bond donors (Lipinski definition) is 2. The van der Waals surface area contributed by atoms with E-state index in [1.54, 1.807) is 12.1 Å². The van der Waals surface area contributed by atoms with Gasteiger partial charge >= 0.3 is 5.97 Å². The van der Waals surface area contributed by atoms with E-state index in [0.29, 0.717) is 11.5 Å². The van der Waals surface area contributed by atoms with Gasteiger partial charge in [-0.3, -0.25) is 9.20 Å². The highest BCUT2D eigenvalue weighted by Gasteiger charge is 2.52. The van der Waals surface area contributed by atoms with Gasteiger partial charge < -0.3 is 20.1 Å². The first-order valence-electron chi connectivity index (χ1n) is 16.8. The SMILES string of the molecule is Cc1ccc([C@H](CC(=O)O)c2ccn3c(C)nnc3c2C)cc1CN1CC2(CC2)Oc2nc(NCCN3CCCCC3)ccc2S1(=O)=O. The molecule has 5 heterocycles. The summed E-state index contributed by atoms with van der Waals surface area (Å²) in [7, 11) is -3.95. The topological polar surface area (TPSA) is 142 Å². The molecular weight excluding hydrogens is 630 g/mol. The standard InChI is InChI=1S/C35H43N7O5S/c1-23-7-8-26(29(20-32(43)44)28-11-17-42-25(3)38-39-33(42)24(28)2)19-27(23)21-41-22-35(12-13-35)47-34-30(48(41,45)46)9-10-31(37-34)36-14-18-40-15-5-4-6-16-40/h7-11,17,19,29H,4-6,12-16,18,20-22H2,1-3H3,(H,36,37)(H,43,44)/t29-/m0/s1. The predicted molar refractivity (Wildman–Crippen MR) is 181 cm³/mol. The third-order valence-electron chi connectivity index (χ3n) is 10.1. The highest BCUT2D eigenvalue weighted by Crippen LogP contribution is 2.46. The molecule has 3 aromatic heterocycles. The van der Waals surface area contributed by atoms with Crippen molar-refractivity contribution >= 4 is 27.5 Å². The normalized spacial score (nSPS) is 19.4. The van der Waals surface area contributed by atoms with Gasteiger partial charge in [-0.25, -0.2) is 8.42 Å². The van der Waals surface area contributed by atoms with Gasteiger partial charge in [-0.15, -0.1) is 10.2 Å². The molecule has 0 amide bonds. The number of nitrogens with zero attached hydrogens (tertiary/aromatic N) is 6. The summed E-state index contributed by atoms with van der Waals surface area (Å²) in [4.78, 5) is 19.3. The first-order valence-corrected chi connectivity index (χ1v) is 18.3. The summed E-state index contributed by atoms with van der Waals surface area (Å²) in [5.41, 5.74) is 4.31. The Labute approximate surface area is 281 Å². The number of nitrogens with one attached hydrogen (secondary N) is 1. The van der Waals surface area contributed by atoms with Crippen molar-refractivity contribution in [3.8, 4) is 5.88 Å². The number of pyridine rings is 2. The molecule has 12 nitrogen and oxygen atoms in total. The minimum absolute atomic E-state index is 0.0675. The quantitative estimate of drug-likeness (QED) is 0.244. The summed E-state index contributed by atoms with van der Waals surface area (Å²) in [5.74, 6) is 0.118. The number of rotatable bonds is 10. The number of anilines is 1. The van der Waals surface area contributed by atoms with Gasteiger partial charge in [-0.05, 0) is 106 Å². The largest absolute Gasteiger partial charge is 0.481 e. The van der Waals surface area contributed by atoms with Crippen LogP contribution in [0.1, 0.15) is 78.1 Å². The van der Waals surface area contributed by atoms with Gasteiger partial charge in [-0.2, -0.15) is 9.29 Å². The number of benzene rings is 1. The number of carboxylic acids is 1. The Hall–Kier alpha value is -4.07. The lowest BCUT2D eigenvalue weighted by atomic mass is 9.85. The maximum atomic E-state index is 14.2. The van der Waals surface area contributed by atoms with Crippen molar-refractivity contribution in [2.24, 2.45) is 0 Å². The van der Waals surface area contributed by atoms with E-state index >= 15 is 0 Å². The minimum atomic E-state index is -3.95. The molecular formula is C35H43N7O5S. The van der Waals surface area contributed by atoms with Gasteiger partial charge in [0.05, 0.1) is 13.0 Å². The van der Waals surface area contributed by atoms with Crippen LogP contribution in [0.5, 0.6) is 5.88 Å². The van der Waals surface area contributed by atoms with Crippen molar-refractivity contribution in [2.75, 3.05) is 38.0 Å². The number of sulfonamides is 1. The van der Waals surface area contributed by atoms with Crippen LogP contribution in [0, 0.1) is 20.8 Å². The zero-order chi connectivity index (χ0) is 33.6. The van der Waals surface area contributed by atoms with Gasteiger partial charge in [0.15, 0.2) is 5.65 Å². The molecule has 1 saturated heterocycles. The molecule has 1 atom stereocenters. The smallest absolute Gasteiger partial charge is 0.304 e. The number of carboxylic acid groups (broad SMARTS) is 1. The Morgan fingerprint density at radius 1 is 1.06 bits per heavy atom. The van der Waals surface area contributed by atoms with E-state index in [4.69, 9.17) is 4.74 Å². The van der Waals surface area contributed by atoms with Crippen LogP contribution in [0.2, 0.25) is 0 Å². The first-order chi connectivity index (χ1) is 23.0. The van der Waals surface area contributed by atoms with Crippen molar-refractivity contribution in [1.29, 1.82) is 0 Å². The summed E-state index contributed by atoms with van der Waals surface area (Å²) in [6, 6.07) is 11.1. The van der Waals surface area contributed by atoms with Crippen LogP contribution in [0.15, 0.2) is 47.5 Å². The molecule has 0 bridgehead atoms. The Bertz CT molecular complexity index is 1970. The van der Waals surface area contributed by atoms with E-state index in [0.717, 1.165) is 72.7 Å². The molecule has 1 spiro atoms. The molecule has 2 aliphatic heterocycles. The molecule has 7 rings (SSSR count). The molecule has 3 aliphatic rings. The lowest BCUT2D eigenvalue weighted by molar-refractivity contribution is -0.137. The molecule has 0 unspecified atom stereocenters. The Morgan fingerprint density at radius 2 is 1.85 bits per heavy atom. The minimum Gasteiger partial charge on any atom is -0.481 e. The molecule has 1 saturated carbocycles. The van der Waals surface area contributed by atoms with Crippen LogP contribution in [0.4, 0.5) is 5.82 Å². The Morgan fingerprint density at radius 3 is 2.60 bits per heavy atom. The number of aromatic nitrogens is 4. The van der Waals surface area contributed by atoms with Gasteiger partial charge in [0.25, 0.3) is 0 Å². The molecule has 48 heavy (non-hydrogen) atoms. The molecule has 2 N–H and O–H groups in total. The highest BCUT2D eigenvalue weighted by molar-refractivity contribution is 7.89. The summed E-state index contributed by atoms with van der Waals surface area (Å²) in [5, 5.41) is 21.8. The molecule has 4 aromatic rings. The van der Waals surface area contributed by atoms with Crippen LogP contribution < -0.4 is 10.1 Å². The second kappa shape index (κ2) is 12.8. The van der Waals surface area contributed by atoms with Gasteiger partial charge in [0.1, 0.15) is 22.1 Å². The predicted octanol–water partition coefficient (Wildman–Crippen LogP) is 4.67. The highest BCUT2D eigenvalue weighted by atomic mass is 32.2. The summed E-state index contributed by atoms with van der Waals surface area (Å²) >= 11 is 0. The number of aryl methyl sites for hydroxylation is 3. The molecule has 254 valence electrons. The van der Waals surface area contributed by atoms with Crippen molar-refractivity contribution in [3.05, 3.63) is 76.2 Å². The van der Waals surface area contributed by atoms with E-state index in [9.17, 15) is 18.3 Å². The van der Waals surface area contributed by atoms with Crippen LogP contribution in [-0.2, 0) is 21.4 Å². The number of likely N-dealkylation sites (tertiary alicyclic amines) is 1. The summed E-state index contributed by atoms with van der Waals surface area (Å²) < 4.78 is 38.2. The van der Waals surface area contributed by atoms with E-state index in [2.05, 4.69) is 25.4 Å². The zero-order valence-corrected chi connectivity index (χ0v) is 28.6. The maximum absolute atomic E-state index is 14.2. The van der Waals surface area contributed by atoms with Crippen LogP contribution in [-0.4, -0.2) is 86.6 Å². The first kappa shape index (κ1) is 32.5. The van der Waals surface area contributed by atoms with Crippen molar-refractivity contribution in [1.82, 2.24) is 28.8 Å². The average Bonchev–Trinajstić information content (AvgIpc) is 3.72. The molecule has 13 heteroatoms. The fourth-order valence-corrected chi connectivity index (χ4v) is 8.62. The number of piperidine rings is 1. The number of carbonyl (C=O) groups is 1. The molecule has 0 radical (unpaired) electrons. The second-order valence-corrected chi connectivity index (χ2v) is 15.5. The average molecular weight is 674 g/mol. The van der Waals surface area contributed by atoms with Crippen LogP contribution in [0.3, 0.4) is 0 Å². The Kier molecular flexibility index (Phi) is 8.63. The lowest BCUT2D eigenvalue weighted by Gasteiger charge is -2.26. The maximum Gasteiger partial charge on any atom is 0.304 e. The van der Waals surface area contributed by atoms with E-state index in [1.807, 2.05) is 55.6 Å². The summed E-state index contributed by atoms with van der Waals surface area (Å²) in [6.45, 7) is 9.96. The Balaban J connectivity index is 1.16. The molecule has 1 aliphatic carbocycles. The molecule has 2 fully saturated rings. The van der Waals surface area contributed by atoms with E-state index in [-0.39, 0.29) is 30.3 Å². The second-order valence-electron chi connectivity index (χ2n) is 13.6. The van der Waals surface area contributed by atoms with Crippen molar-refractivity contribution in [2.45, 2.75) is 82.3 Å². The number of fused-ring (bicyclic) bond motifs is 2. The van der Waals surface area contributed by atoms with E-state index < -0.39 is 27.5 Å². The van der Waals surface area contributed by atoms with Gasteiger partial charge in [0.2, 0.25) is 15.9 Å². The van der Waals surface area contributed by atoms with Gasteiger partial charge in [0, 0.05) is 31.7 Å². The number of ether oxygens (including phenoxy) is 1. The third-order valence-corrected chi connectivity index (χ3v) is 11.9.